The molecule has 4 aromatic heterocycles. The van der Waals surface area contributed by atoms with Gasteiger partial charge >= 0.3 is 0 Å². The minimum absolute atomic E-state index is 0.879. The van der Waals surface area contributed by atoms with E-state index in [0.29, 0.717) is 0 Å². The molecule has 4 heteroatoms. The highest BCUT2D eigenvalue weighted by molar-refractivity contribution is 6.37. The van der Waals surface area contributed by atoms with Gasteiger partial charge in [0.15, 0.2) is 0 Å². The topological polar surface area (TPSA) is 35.1 Å². The Labute approximate surface area is 297 Å². The molecular formula is C48H28N4. The summed E-state index contributed by atoms with van der Waals surface area (Å²) in [7, 11) is 0. The maximum atomic E-state index is 5.19. The standard InChI is InChI=1S/C48H28N4/c1-2-13-30(14-3-1)45-46(50-39-19-9-8-18-38(39)49-45)31-22-25-32(26-23-31)51-40-20-10-6-16-34(40)36-28-37-35-17-7-11-21-41(35)52-42-27-24-29-12-4-5-15-33(29)43(42)44(47(36)51)48(37)52/h1-28H. The molecule has 0 saturated heterocycles. The van der Waals surface area contributed by atoms with E-state index < -0.39 is 0 Å². The van der Waals surface area contributed by atoms with E-state index >= 15 is 0 Å². The van der Waals surface area contributed by atoms with Gasteiger partial charge in [0.1, 0.15) is 0 Å². The summed E-state index contributed by atoms with van der Waals surface area (Å²) in [6.45, 7) is 0. The molecule has 240 valence electrons. The maximum Gasteiger partial charge on any atom is 0.0973 e. The molecule has 4 nitrogen and oxygen atoms in total. The highest BCUT2D eigenvalue weighted by atomic mass is 15.0. The van der Waals surface area contributed by atoms with Crippen molar-refractivity contribution in [2.75, 3.05) is 0 Å². The summed E-state index contributed by atoms with van der Waals surface area (Å²) < 4.78 is 4.97. The van der Waals surface area contributed by atoms with Gasteiger partial charge in [-0.1, -0.05) is 121 Å². The van der Waals surface area contributed by atoms with Gasteiger partial charge in [-0.15, -0.1) is 0 Å². The molecule has 0 atom stereocenters. The van der Waals surface area contributed by atoms with Crippen molar-refractivity contribution in [2.24, 2.45) is 0 Å². The third-order valence-electron chi connectivity index (χ3n) is 11.0. The molecule has 0 radical (unpaired) electrons. The quantitative estimate of drug-likeness (QED) is 0.189. The van der Waals surface area contributed by atoms with Crippen LogP contribution in [0.3, 0.4) is 0 Å². The number of nitrogens with zero attached hydrogens (tertiary/aromatic N) is 4. The monoisotopic (exact) mass is 660 g/mol. The van der Waals surface area contributed by atoms with E-state index in [0.717, 1.165) is 39.2 Å². The van der Waals surface area contributed by atoms with Crippen molar-refractivity contribution < 1.29 is 0 Å². The number of benzene rings is 8. The van der Waals surface area contributed by atoms with Crippen molar-refractivity contribution >= 4 is 81.7 Å². The van der Waals surface area contributed by atoms with Crippen molar-refractivity contribution in [2.45, 2.75) is 0 Å². The van der Waals surface area contributed by atoms with Crippen LogP contribution in [0.25, 0.3) is 110 Å². The third kappa shape index (κ3) is 3.65. The van der Waals surface area contributed by atoms with Crippen LogP contribution < -0.4 is 0 Å². The Kier molecular flexibility index (Phi) is 5.47. The number of para-hydroxylation sites is 4. The summed E-state index contributed by atoms with van der Waals surface area (Å²) in [5.74, 6) is 0. The molecule has 0 N–H and O–H groups in total. The fourth-order valence-electron chi connectivity index (χ4n) is 8.80. The van der Waals surface area contributed by atoms with Gasteiger partial charge in [-0.25, -0.2) is 9.97 Å². The van der Waals surface area contributed by atoms with Crippen LogP contribution in [0, 0.1) is 0 Å². The Morgan fingerprint density at radius 2 is 0.942 bits per heavy atom. The summed E-state index contributed by atoms with van der Waals surface area (Å²) in [6, 6.07) is 60.9. The van der Waals surface area contributed by atoms with Crippen molar-refractivity contribution in [3.05, 3.63) is 170 Å². The van der Waals surface area contributed by atoms with Crippen molar-refractivity contribution in [1.29, 1.82) is 0 Å². The molecule has 52 heavy (non-hydrogen) atoms. The van der Waals surface area contributed by atoms with Crippen LogP contribution in [0.1, 0.15) is 0 Å². The minimum atomic E-state index is 0.879. The first-order valence-electron chi connectivity index (χ1n) is 17.8. The molecule has 0 unspecified atom stereocenters. The summed E-state index contributed by atoms with van der Waals surface area (Å²) in [5.41, 5.74) is 12.9. The van der Waals surface area contributed by atoms with E-state index in [9.17, 15) is 0 Å². The van der Waals surface area contributed by atoms with Crippen LogP contribution in [-0.4, -0.2) is 18.9 Å². The summed E-state index contributed by atoms with van der Waals surface area (Å²) in [5, 5.41) is 10.2. The first-order valence-corrected chi connectivity index (χ1v) is 17.8. The lowest BCUT2D eigenvalue weighted by atomic mass is 9.99. The second-order valence-corrected chi connectivity index (χ2v) is 13.8. The van der Waals surface area contributed by atoms with E-state index in [2.05, 4.69) is 148 Å². The zero-order chi connectivity index (χ0) is 33.9. The fraction of sp³-hybridized carbons (Fsp3) is 0. The normalized spacial score (nSPS) is 12.2. The third-order valence-corrected chi connectivity index (χ3v) is 11.0. The number of hydrogen-bond donors (Lipinski definition) is 0. The molecule has 0 spiro atoms. The molecule has 0 fully saturated rings. The van der Waals surface area contributed by atoms with Crippen LogP contribution in [-0.2, 0) is 0 Å². The van der Waals surface area contributed by atoms with Crippen LogP contribution in [0.2, 0.25) is 0 Å². The Hall–Kier alpha value is -7.04. The number of fused-ring (bicyclic) bond motifs is 13. The average Bonchev–Trinajstić information content (AvgIpc) is 3.86. The first kappa shape index (κ1) is 27.7. The van der Waals surface area contributed by atoms with Crippen LogP contribution >= 0.6 is 0 Å². The lowest BCUT2D eigenvalue weighted by Crippen LogP contribution is -1.97. The first-order chi connectivity index (χ1) is 25.8. The van der Waals surface area contributed by atoms with Crippen molar-refractivity contribution in [1.82, 2.24) is 18.9 Å². The fourth-order valence-corrected chi connectivity index (χ4v) is 8.80. The summed E-state index contributed by atoms with van der Waals surface area (Å²) in [4.78, 5) is 10.3. The summed E-state index contributed by atoms with van der Waals surface area (Å²) in [6.07, 6.45) is 0. The number of aromatic nitrogens is 4. The lowest BCUT2D eigenvalue weighted by molar-refractivity contribution is 1.19. The van der Waals surface area contributed by atoms with E-state index in [4.69, 9.17) is 9.97 Å². The Balaban J connectivity index is 1.19. The van der Waals surface area contributed by atoms with Gasteiger partial charge in [0, 0.05) is 49.1 Å². The molecular weight excluding hydrogens is 633 g/mol. The molecule has 12 rings (SSSR count). The van der Waals surface area contributed by atoms with Crippen LogP contribution in [0.15, 0.2) is 170 Å². The smallest absolute Gasteiger partial charge is 0.0973 e. The van der Waals surface area contributed by atoms with E-state index in [1.807, 2.05) is 30.3 Å². The molecule has 4 heterocycles. The van der Waals surface area contributed by atoms with Crippen molar-refractivity contribution in [3.8, 4) is 28.2 Å². The number of hydrogen-bond acceptors (Lipinski definition) is 2. The second kappa shape index (κ2) is 10.3. The number of rotatable bonds is 3. The molecule has 0 aliphatic rings. The Morgan fingerprint density at radius 3 is 1.69 bits per heavy atom. The highest BCUT2D eigenvalue weighted by Crippen LogP contribution is 2.48. The maximum absolute atomic E-state index is 5.19. The SMILES string of the molecule is c1ccc(-c2nc3ccccc3nc2-c2ccc(-n3c4ccccc4c4cc5c6ccccc6n6c7ccc8ccccc8c7c(c43)c56)cc2)cc1. The van der Waals surface area contributed by atoms with Gasteiger partial charge < -0.3 is 8.97 Å². The van der Waals surface area contributed by atoms with E-state index in [1.54, 1.807) is 0 Å². The average molecular weight is 661 g/mol. The van der Waals surface area contributed by atoms with E-state index in [1.165, 1.54) is 70.7 Å². The molecule has 8 aromatic carbocycles. The largest absolute Gasteiger partial charge is 0.309 e. The second-order valence-electron chi connectivity index (χ2n) is 13.8. The van der Waals surface area contributed by atoms with Crippen LogP contribution in [0.4, 0.5) is 0 Å². The molecule has 0 bridgehead atoms. The zero-order valence-electron chi connectivity index (χ0n) is 28.0. The molecule has 12 aromatic rings. The van der Waals surface area contributed by atoms with Gasteiger partial charge in [0.25, 0.3) is 0 Å². The molecule has 0 aliphatic carbocycles. The van der Waals surface area contributed by atoms with E-state index in [-0.39, 0.29) is 0 Å². The van der Waals surface area contributed by atoms with Gasteiger partial charge in [-0.3, -0.25) is 0 Å². The predicted octanol–water partition coefficient (Wildman–Crippen LogP) is 12.4. The predicted molar refractivity (Wildman–Crippen MR) is 217 cm³/mol. The Morgan fingerprint density at radius 1 is 0.365 bits per heavy atom. The zero-order valence-corrected chi connectivity index (χ0v) is 28.0. The lowest BCUT2D eigenvalue weighted by Gasteiger charge is -2.13. The molecule has 0 aliphatic heterocycles. The van der Waals surface area contributed by atoms with Crippen LogP contribution in [0.5, 0.6) is 0 Å². The summed E-state index contributed by atoms with van der Waals surface area (Å²) >= 11 is 0. The minimum Gasteiger partial charge on any atom is -0.309 e. The van der Waals surface area contributed by atoms with Gasteiger partial charge in [0.2, 0.25) is 0 Å². The van der Waals surface area contributed by atoms with Gasteiger partial charge in [0.05, 0.1) is 50.0 Å². The molecule has 0 amide bonds. The Bertz CT molecular complexity index is 3390. The van der Waals surface area contributed by atoms with Gasteiger partial charge in [-0.2, -0.15) is 0 Å². The van der Waals surface area contributed by atoms with Crippen molar-refractivity contribution in [3.63, 3.8) is 0 Å². The highest BCUT2D eigenvalue weighted by Gasteiger charge is 2.25. The molecule has 0 saturated carbocycles. The van der Waals surface area contributed by atoms with Gasteiger partial charge in [-0.05, 0) is 59.3 Å².